The molecular formula is C22H25BrN4S. The Morgan fingerprint density at radius 1 is 0.857 bits per heavy atom. The number of likely N-dealkylation sites (tertiary alicyclic amines) is 1. The Morgan fingerprint density at radius 2 is 1.64 bits per heavy atom. The number of hydrogen-bond acceptors (Lipinski definition) is 4. The lowest BCUT2D eigenvalue weighted by molar-refractivity contribution is 0.213. The van der Waals surface area contributed by atoms with Crippen molar-refractivity contribution < 1.29 is 0 Å². The van der Waals surface area contributed by atoms with E-state index in [9.17, 15) is 0 Å². The van der Waals surface area contributed by atoms with E-state index in [0.29, 0.717) is 0 Å². The molecule has 1 aliphatic heterocycles. The topological polar surface area (TPSA) is 34.0 Å². The lowest BCUT2D eigenvalue weighted by Crippen LogP contribution is -2.30. The van der Waals surface area contributed by atoms with Crippen molar-refractivity contribution in [1.82, 2.24) is 19.7 Å². The molecule has 0 amide bonds. The molecule has 28 heavy (non-hydrogen) atoms. The zero-order chi connectivity index (χ0) is 19.2. The van der Waals surface area contributed by atoms with Crippen LogP contribution in [0.3, 0.4) is 0 Å². The van der Waals surface area contributed by atoms with Gasteiger partial charge in [0.05, 0.1) is 13.1 Å². The van der Waals surface area contributed by atoms with Gasteiger partial charge >= 0.3 is 0 Å². The number of hydrogen-bond donors (Lipinski definition) is 0. The van der Waals surface area contributed by atoms with Crippen LogP contribution in [0.2, 0.25) is 0 Å². The van der Waals surface area contributed by atoms with Gasteiger partial charge in [-0.15, -0.1) is 10.2 Å². The van der Waals surface area contributed by atoms with E-state index in [1.807, 2.05) is 0 Å². The normalized spacial score (nSPS) is 15.0. The predicted octanol–water partition coefficient (Wildman–Crippen LogP) is 5.37. The molecule has 2 aromatic carbocycles. The maximum Gasteiger partial charge on any atom is 0.191 e. The molecule has 1 aromatic heterocycles. The quantitative estimate of drug-likeness (QED) is 0.447. The smallest absolute Gasteiger partial charge is 0.191 e. The number of halogens is 1. The molecule has 0 spiro atoms. The first-order valence-corrected chi connectivity index (χ1v) is 11.6. The van der Waals surface area contributed by atoms with Crippen LogP contribution in [0.5, 0.6) is 0 Å². The molecule has 1 aliphatic rings. The molecule has 0 unspecified atom stereocenters. The lowest BCUT2D eigenvalue weighted by atomic mass is 10.1. The molecule has 4 rings (SSSR count). The molecule has 6 heteroatoms. The highest BCUT2D eigenvalue weighted by molar-refractivity contribution is 9.10. The van der Waals surface area contributed by atoms with Gasteiger partial charge in [-0.2, -0.15) is 0 Å². The summed E-state index contributed by atoms with van der Waals surface area (Å²) >= 11 is 5.32. The van der Waals surface area contributed by atoms with E-state index in [4.69, 9.17) is 0 Å². The summed E-state index contributed by atoms with van der Waals surface area (Å²) in [7, 11) is 0. The minimum absolute atomic E-state index is 0.817. The van der Waals surface area contributed by atoms with E-state index in [2.05, 4.69) is 90.2 Å². The molecule has 1 fully saturated rings. The van der Waals surface area contributed by atoms with Gasteiger partial charge in [0.2, 0.25) is 0 Å². The summed E-state index contributed by atoms with van der Waals surface area (Å²) in [4.78, 5) is 2.51. The van der Waals surface area contributed by atoms with Crippen molar-refractivity contribution >= 4 is 27.7 Å². The van der Waals surface area contributed by atoms with Crippen LogP contribution >= 0.6 is 27.7 Å². The Bertz CT molecular complexity index is 891. The number of benzene rings is 2. The van der Waals surface area contributed by atoms with E-state index in [0.717, 1.165) is 34.3 Å². The SMILES string of the molecule is Brc1cccc(CSc2nnc(CN3CCCCC3)n2Cc2ccccc2)c1. The van der Waals surface area contributed by atoms with Crippen molar-refractivity contribution in [3.8, 4) is 0 Å². The van der Waals surface area contributed by atoms with E-state index >= 15 is 0 Å². The summed E-state index contributed by atoms with van der Waals surface area (Å²) in [5.74, 6) is 1.96. The fraction of sp³-hybridized carbons (Fsp3) is 0.364. The molecule has 2 heterocycles. The molecule has 0 aliphatic carbocycles. The first kappa shape index (κ1) is 19.7. The van der Waals surface area contributed by atoms with Gasteiger partial charge in [0.15, 0.2) is 5.16 Å². The van der Waals surface area contributed by atoms with Crippen LogP contribution in [-0.2, 0) is 18.8 Å². The largest absolute Gasteiger partial charge is 0.300 e. The monoisotopic (exact) mass is 456 g/mol. The number of aromatic nitrogens is 3. The summed E-state index contributed by atoms with van der Waals surface area (Å²) in [6, 6.07) is 19.1. The second-order valence-corrected chi connectivity index (χ2v) is 9.08. The maximum absolute atomic E-state index is 4.58. The summed E-state index contributed by atoms with van der Waals surface area (Å²) in [5, 5.41) is 10.1. The van der Waals surface area contributed by atoms with Crippen LogP contribution in [0.4, 0.5) is 0 Å². The molecule has 0 bridgehead atoms. The first-order chi connectivity index (χ1) is 13.8. The van der Waals surface area contributed by atoms with Crippen LogP contribution < -0.4 is 0 Å². The summed E-state index contributed by atoms with van der Waals surface area (Å²) in [6.45, 7) is 4.03. The minimum Gasteiger partial charge on any atom is -0.300 e. The highest BCUT2D eigenvalue weighted by atomic mass is 79.9. The van der Waals surface area contributed by atoms with Gasteiger partial charge in [0.1, 0.15) is 5.82 Å². The van der Waals surface area contributed by atoms with Gasteiger partial charge in [-0.05, 0) is 49.2 Å². The van der Waals surface area contributed by atoms with Crippen molar-refractivity contribution in [3.63, 3.8) is 0 Å². The average Bonchev–Trinajstić information content (AvgIpc) is 3.09. The Balaban J connectivity index is 1.53. The fourth-order valence-electron chi connectivity index (χ4n) is 3.56. The van der Waals surface area contributed by atoms with Gasteiger partial charge in [-0.3, -0.25) is 4.90 Å². The molecule has 146 valence electrons. The van der Waals surface area contributed by atoms with Crippen molar-refractivity contribution in [2.75, 3.05) is 13.1 Å². The van der Waals surface area contributed by atoms with Crippen LogP contribution in [0, 0.1) is 0 Å². The van der Waals surface area contributed by atoms with Crippen LogP contribution in [-0.4, -0.2) is 32.8 Å². The van der Waals surface area contributed by atoms with E-state index in [1.165, 1.54) is 43.5 Å². The molecule has 4 nitrogen and oxygen atoms in total. The van der Waals surface area contributed by atoms with Gasteiger partial charge < -0.3 is 4.57 Å². The van der Waals surface area contributed by atoms with E-state index < -0.39 is 0 Å². The Morgan fingerprint density at radius 3 is 2.43 bits per heavy atom. The number of thioether (sulfide) groups is 1. The van der Waals surface area contributed by atoms with Crippen molar-refractivity contribution in [1.29, 1.82) is 0 Å². The highest BCUT2D eigenvalue weighted by Gasteiger charge is 2.18. The fourth-order valence-corrected chi connectivity index (χ4v) is 4.91. The van der Waals surface area contributed by atoms with Gasteiger partial charge in [-0.1, -0.05) is 76.6 Å². The van der Waals surface area contributed by atoms with E-state index in [1.54, 1.807) is 11.8 Å². The molecular weight excluding hydrogens is 432 g/mol. The second kappa shape index (κ2) is 9.72. The summed E-state index contributed by atoms with van der Waals surface area (Å²) in [6.07, 6.45) is 3.93. The maximum atomic E-state index is 4.58. The van der Waals surface area contributed by atoms with Gasteiger partial charge in [-0.25, -0.2) is 0 Å². The van der Waals surface area contributed by atoms with Crippen molar-refractivity contribution in [2.45, 2.75) is 43.3 Å². The summed E-state index contributed by atoms with van der Waals surface area (Å²) < 4.78 is 3.41. The predicted molar refractivity (Wildman–Crippen MR) is 118 cm³/mol. The van der Waals surface area contributed by atoms with Gasteiger partial charge in [0.25, 0.3) is 0 Å². The standard InChI is InChI=1S/C22H25BrN4S/c23-20-11-7-10-19(14-20)17-28-22-25-24-21(16-26-12-5-2-6-13-26)27(22)15-18-8-3-1-4-9-18/h1,3-4,7-11,14H,2,5-6,12-13,15-17H2. The Labute approximate surface area is 179 Å². The van der Waals surface area contributed by atoms with E-state index in [-0.39, 0.29) is 0 Å². The molecule has 0 radical (unpaired) electrons. The third-order valence-corrected chi connectivity index (χ3v) is 6.58. The van der Waals surface area contributed by atoms with Gasteiger partial charge in [0, 0.05) is 10.2 Å². The van der Waals surface area contributed by atoms with Crippen LogP contribution in [0.25, 0.3) is 0 Å². The summed E-state index contributed by atoms with van der Waals surface area (Å²) in [5.41, 5.74) is 2.57. The van der Waals surface area contributed by atoms with Crippen molar-refractivity contribution in [2.24, 2.45) is 0 Å². The third-order valence-electron chi connectivity index (χ3n) is 5.05. The Kier molecular flexibility index (Phi) is 6.83. The van der Waals surface area contributed by atoms with Crippen LogP contribution in [0.1, 0.15) is 36.2 Å². The zero-order valence-corrected chi connectivity index (χ0v) is 18.3. The number of piperidine rings is 1. The average molecular weight is 457 g/mol. The second-order valence-electron chi connectivity index (χ2n) is 7.23. The first-order valence-electron chi connectivity index (χ1n) is 9.83. The third kappa shape index (κ3) is 5.25. The minimum atomic E-state index is 0.817. The molecule has 1 saturated heterocycles. The zero-order valence-electron chi connectivity index (χ0n) is 15.9. The molecule has 0 atom stereocenters. The highest BCUT2D eigenvalue weighted by Crippen LogP contribution is 2.25. The molecule has 0 N–H and O–H groups in total. The number of rotatable bonds is 7. The lowest BCUT2D eigenvalue weighted by Gasteiger charge is -2.26. The number of nitrogens with zero attached hydrogens (tertiary/aromatic N) is 4. The van der Waals surface area contributed by atoms with Crippen LogP contribution in [0.15, 0.2) is 64.2 Å². The van der Waals surface area contributed by atoms with Crippen molar-refractivity contribution in [3.05, 3.63) is 76.0 Å². The molecule has 0 saturated carbocycles. The Hall–Kier alpha value is -1.63. The molecule has 3 aromatic rings.